The molecule has 1 aliphatic carbocycles. The van der Waals surface area contributed by atoms with Crippen molar-refractivity contribution < 1.29 is 19.1 Å². The number of benzene rings is 1. The van der Waals surface area contributed by atoms with Gasteiger partial charge in [-0.3, -0.25) is 9.59 Å². The molecular formula is C18H26N2O4. The number of carbonyl (C=O) groups excluding carboxylic acids is 2. The molecule has 2 rings (SSSR count). The molecule has 2 amide bonds. The zero-order valence-electron chi connectivity index (χ0n) is 14.8. The molecule has 0 bridgehead atoms. The summed E-state index contributed by atoms with van der Waals surface area (Å²) in [6.07, 6.45) is 0.918. The van der Waals surface area contributed by atoms with Crippen molar-refractivity contribution in [1.82, 2.24) is 4.90 Å². The zero-order chi connectivity index (χ0) is 17.7. The van der Waals surface area contributed by atoms with E-state index in [0.29, 0.717) is 36.3 Å². The van der Waals surface area contributed by atoms with E-state index in [-0.39, 0.29) is 24.3 Å². The Morgan fingerprint density at radius 3 is 2.42 bits per heavy atom. The fourth-order valence-electron chi connectivity index (χ4n) is 2.57. The average molecular weight is 334 g/mol. The lowest BCUT2D eigenvalue weighted by Gasteiger charge is -2.17. The highest BCUT2D eigenvalue weighted by Crippen LogP contribution is 2.38. The van der Waals surface area contributed by atoms with Crippen LogP contribution in [-0.4, -0.2) is 43.5 Å². The molecule has 0 aliphatic heterocycles. The summed E-state index contributed by atoms with van der Waals surface area (Å²) < 4.78 is 11.0. The van der Waals surface area contributed by atoms with Gasteiger partial charge in [0.15, 0.2) is 11.5 Å². The van der Waals surface area contributed by atoms with Crippen LogP contribution in [0.25, 0.3) is 0 Å². The van der Waals surface area contributed by atoms with Gasteiger partial charge in [-0.15, -0.1) is 0 Å². The summed E-state index contributed by atoms with van der Waals surface area (Å²) in [7, 11) is 1.66. The van der Waals surface area contributed by atoms with Gasteiger partial charge in [0.2, 0.25) is 11.8 Å². The first kappa shape index (κ1) is 18.1. The largest absolute Gasteiger partial charge is 0.490 e. The molecule has 1 fully saturated rings. The second-order valence-electron chi connectivity index (χ2n) is 6.09. The minimum absolute atomic E-state index is 0.0409. The molecule has 0 radical (unpaired) electrons. The Morgan fingerprint density at radius 1 is 1.21 bits per heavy atom. The lowest BCUT2D eigenvalue weighted by atomic mass is 10.2. The molecule has 1 N–H and O–H groups in total. The second-order valence-corrected chi connectivity index (χ2v) is 6.09. The number of hydrogen-bond acceptors (Lipinski definition) is 4. The molecule has 0 unspecified atom stereocenters. The van der Waals surface area contributed by atoms with Gasteiger partial charge in [0.25, 0.3) is 0 Å². The van der Waals surface area contributed by atoms with Crippen molar-refractivity contribution in [3.63, 3.8) is 0 Å². The van der Waals surface area contributed by atoms with Crippen LogP contribution in [0.4, 0.5) is 5.69 Å². The molecule has 0 heterocycles. The fraction of sp³-hybridized carbons (Fsp3) is 0.556. The molecular weight excluding hydrogens is 308 g/mol. The second kappa shape index (κ2) is 8.04. The smallest absolute Gasteiger partial charge is 0.243 e. The third kappa shape index (κ3) is 4.63. The van der Waals surface area contributed by atoms with Crippen LogP contribution in [0.3, 0.4) is 0 Å². The van der Waals surface area contributed by atoms with Crippen LogP contribution in [0, 0.1) is 11.8 Å². The molecule has 6 nitrogen and oxygen atoms in total. The Hall–Kier alpha value is -2.24. The van der Waals surface area contributed by atoms with E-state index in [1.807, 2.05) is 20.8 Å². The molecule has 1 aliphatic rings. The summed E-state index contributed by atoms with van der Waals surface area (Å²) in [4.78, 5) is 25.7. The summed E-state index contributed by atoms with van der Waals surface area (Å²) in [5.41, 5.74) is 0.618. The van der Waals surface area contributed by atoms with E-state index < -0.39 is 0 Å². The van der Waals surface area contributed by atoms with Crippen LogP contribution >= 0.6 is 0 Å². The number of anilines is 1. The third-order valence-corrected chi connectivity index (χ3v) is 4.01. The van der Waals surface area contributed by atoms with E-state index in [1.165, 1.54) is 4.90 Å². The number of nitrogens with zero attached hydrogens (tertiary/aromatic N) is 1. The number of ether oxygens (including phenoxy) is 2. The number of nitrogens with one attached hydrogen (secondary N) is 1. The van der Waals surface area contributed by atoms with Gasteiger partial charge in [-0.25, -0.2) is 0 Å². The van der Waals surface area contributed by atoms with E-state index in [2.05, 4.69) is 5.32 Å². The molecule has 1 aromatic carbocycles. The molecule has 2 atom stereocenters. The fourth-order valence-corrected chi connectivity index (χ4v) is 2.57. The minimum Gasteiger partial charge on any atom is -0.490 e. The van der Waals surface area contributed by atoms with E-state index in [1.54, 1.807) is 25.2 Å². The van der Waals surface area contributed by atoms with Gasteiger partial charge < -0.3 is 19.7 Å². The van der Waals surface area contributed by atoms with Crippen LogP contribution in [0.5, 0.6) is 11.5 Å². The Kier molecular flexibility index (Phi) is 6.06. The maximum atomic E-state index is 12.2. The first-order chi connectivity index (χ1) is 11.5. The Labute approximate surface area is 143 Å². The minimum atomic E-state index is -0.231. The Balaban J connectivity index is 1.95. The third-order valence-electron chi connectivity index (χ3n) is 4.01. The lowest BCUT2D eigenvalue weighted by molar-refractivity contribution is -0.134. The van der Waals surface area contributed by atoms with Crippen molar-refractivity contribution in [2.75, 3.05) is 32.1 Å². The van der Waals surface area contributed by atoms with Gasteiger partial charge in [-0.1, -0.05) is 6.92 Å². The summed E-state index contributed by atoms with van der Waals surface area (Å²) >= 11 is 0. The molecule has 6 heteroatoms. The van der Waals surface area contributed by atoms with Gasteiger partial charge in [-0.2, -0.15) is 0 Å². The normalized spacial score (nSPS) is 18.7. The Morgan fingerprint density at radius 2 is 1.83 bits per heavy atom. The average Bonchev–Trinajstić information content (AvgIpc) is 3.26. The van der Waals surface area contributed by atoms with Gasteiger partial charge in [0, 0.05) is 24.7 Å². The SMILES string of the molecule is CCOc1ccc(NC(=O)CN(C)C(=O)[C@H]2C[C@H]2C)cc1OCC. The van der Waals surface area contributed by atoms with Gasteiger partial charge in [-0.05, 0) is 38.3 Å². The highest BCUT2D eigenvalue weighted by Gasteiger charge is 2.40. The van der Waals surface area contributed by atoms with E-state index >= 15 is 0 Å². The van der Waals surface area contributed by atoms with Crippen LogP contribution in [0.2, 0.25) is 0 Å². The maximum Gasteiger partial charge on any atom is 0.243 e. The van der Waals surface area contributed by atoms with Crippen molar-refractivity contribution in [2.24, 2.45) is 11.8 Å². The van der Waals surface area contributed by atoms with E-state index in [4.69, 9.17) is 9.47 Å². The number of amides is 2. The molecule has 132 valence electrons. The zero-order valence-corrected chi connectivity index (χ0v) is 14.8. The first-order valence-corrected chi connectivity index (χ1v) is 8.40. The molecule has 1 aromatic rings. The first-order valence-electron chi connectivity index (χ1n) is 8.40. The van der Waals surface area contributed by atoms with Crippen molar-refractivity contribution in [1.29, 1.82) is 0 Å². The number of carbonyl (C=O) groups is 2. The number of hydrogen-bond donors (Lipinski definition) is 1. The quantitative estimate of drug-likeness (QED) is 0.793. The Bertz CT molecular complexity index is 603. The summed E-state index contributed by atoms with van der Waals surface area (Å²) in [5, 5.41) is 2.80. The summed E-state index contributed by atoms with van der Waals surface area (Å²) in [5.74, 6) is 1.56. The molecule has 24 heavy (non-hydrogen) atoms. The molecule has 0 aromatic heterocycles. The van der Waals surface area contributed by atoms with Crippen molar-refractivity contribution >= 4 is 17.5 Å². The molecule has 0 spiro atoms. The van der Waals surface area contributed by atoms with Crippen LogP contribution in [0.15, 0.2) is 18.2 Å². The van der Waals surface area contributed by atoms with Crippen molar-refractivity contribution in [3.8, 4) is 11.5 Å². The standard InChI is InChI=1S/C18H26N2O4/c1-5-23-15-8-7-13(10-16(15)24-6-2)19-17(21)11-20(4)18(22)14-9-12(14)3/h7-8,10,12,14H,5-6,9,11H2,1-4H3,(H,19,21)/t12-,14+/m1/s1. The lowest BCUT2D eigenvalue weighted by Crippen LogP contribution is -2.36. The molecule has 1 saturated carbocycles. The van der Waals surface area contributed by atoms with E-state index in [0.717, 1.165) is 6.42 Å². The van der Waals surface area contributed by atoms with Gasteiger partial charge in [0.05, 0.1) is 19.8 Å². The highest BCUT2D eigenvalue weighted by atomic mass is 16.5. The number of rotatable bonds is 8. The van der Waals surface area contributed by atoms with Crippen molar-refractivity contribution in [2.45, 2.75) is 27.2 Å². The van der Waals surface area contributed by atoms with Crippen LogP contribution in [-0.2, 0) is 9.59 Å². The van der Waals surface area contributed by atoms with Crippen molar-refractivity contribution in [3.05, 3.63) is 18.2 Å². The maximum absolute atomic E-state index is 12.2. The van der Waals surface area contributed by atoms with Crippen LogP contribution < -0.4 is 14.8 Å². The number of likely N-dealkylation sites (N-methyl/N-ethyl adjacent to an activating group) is 1. The predicted octanol–water partition coefficient (Wildman–Crippen LogP) is 2.54. The van der Waals surface area contributed by atoms with Gasteiger partial charge >= 0.3 is 0 Å². The predicted molar refractivity (Wildman–Crippen MR) is 92.3 cm³/mol. The van der Waals surface area contributed by atoms with Gasteiger partial charge in [0.1, 0.15) is 0 Å². The molecule has 0 saturated heterocycles. The monoisotopic (exact) mass is 334 g/mol. The highest BCUT2D eigenvalue weighted by molar-refractivity contribution is 5.95. The van der Waals surface area contributed by atoms with E-state index in [9.17, 15) is 9.59 Å². The summed E-state index contributed by atoms with van der Waals surface area (Å²) in [6, 6.07) is 5.26. The summed E-state index contributed by atoms with van der Waals surface area (Å²) in [6.45, 7) is 6.93. The topological polar surface area (TPSA) is 67.9 Å². The van der Waals surface area contributed by atoms with Crippen LogP contribution in [0.1, 0.15) is 27.2 Å².